The minimum atomic E-state index is 0.538. The fraction of sp³-hybridized carbons (Fsp3) is 0.818. The van der Waals surface area contributed by atoms with Gasteiger partial charge in [-0.15, -0.1) is 0 Å². The van der Waals surface area contributed by atoms with Crippen molar-refractivity contribution >= 4 is 0 Å². The molecule has 0 aliphatic rings. The standard InChI is InChI=1S/C11H23NO/c1-3-4-5-6-7-8-13-10-11(2)9-12/h2-10,12H2,1H3. The minimum absolute atomic E-state index is 0.538. The summed E-state index contributed by atoms with van der Waals surface area (Å²) in [4.78, 5) is 0. The van der Waals surface area contributed by atoms with Gasteiger partial charge in [0.2, 0.25) is 0 Å². The number of rotatable bonds is 9. The van der Waals surface area contributed by atoms with Gasteiger partial charge in [0.15, 0.2) is 0 Å². The Bertz CT molecular complexity index is 123. The first kappa shape index (κ1) is 12.7. The molecule has 0 heterocycles. The van der Waals surface area contributed by atoms with Gasteiger partial charge in [-0.05, 0) is 12.0 Å². The second-order valence-corrected chi connectivity index (χ2v) is 3.42. The van der Waals surface area contributed by atoms with E-state index in [1.807, 2.05) is 0 Å². The Morgan fingerprint density at radius 2 is 1.92 bits per heavy atom. The molecular formula is C11H23NO. The largest absolute Gasteiger partial charge is 0.377 e. The van der Waals surface area contributed by atoms with Crippen LogP contribution in [0.2, 0.25) is 0 Å². The lowest BCUT2D eigenvalue weighted by Crippen LogP contribution is -2.08. The minimum Gasteiger partial charge on any atom is -0.377 e. The average molecular weight is 185 g/mol. The van der Waals surface area contributed by atoms with Crippen LogP contribution in [-0.2, 0) is 4.74 Å². The van der Waals surface area contributed by atoms with Crippen molar-refractivity contribution in [1.82, 2.24) is 0 Å². The molecule has 0 spiro atoms. The van der Waals surface area contributed by atoms with Gasteiger partial charge in [0.1, 0.15) is 0 Å². The molecule has 0 unspecified atom stereocenters. The Kier molecular flexibility index (Phi) is 9.49. The molecule has 0 aromatic rings. The Morgan fingerprint density at radius 1 is 1.23 bits per heavy atom. The molecular weight excluding hydrogens is 162 g/mol. The lowest BCUT2D eigenvalue weighted by Gasteiger charge is -2.04. The van der Waals surface area contributed by atoms with Gasteiger partial charge in [-0.25, -0.2) is 0 Å². The molecule has 0 radical (unpaired) electrons. The zero-order valence-electron chi connectivity index (χ0n) is 8.85. The van der Waals surface area contributed by atoms with E-state index >= 15 is 0 Å². The third kappa shape index (κ3) is 9.57. The van der Waals surface area contributed by atoms with E-state index < -0.39 is 0 Å². The van der Waals surface area contributed by atoms with Crippen LogP contribution in [0.3, 0.4) is 0 Å². The summed E-state index contributed by atoms with van der Waals surface area (Å²) >= 11 is 0. The molecule has 0 rings (SSSR count). The summed E-state index contributed by atoms with van der Waals surface area (Å²) < 4.78 is 5.39. The molecule has 0 aliphatic heterocycles. The third-order valence-corrected chi connectivity index (χ3v) is 1.99. The SMILES string of the molecule is C=C(CN)COCCCCCCC. The summed E-state index contributed by atoms with van der Waals surface area (Å²) in [5.74, 6) is 0. The monoisotopic (exact) mass is 185 g/mol. The fourth-order valence-corrected chi connectivity index (χ4v) is 1.08. The van der Waals surface area contributed by atoms with Crippen molar-refractivity contribution in [3.63, 3.8) is 0 Å². The van der Waals surface area contributed by atoms with E-state index in [0.717, 1.165) is 18.6 Å². The quantitative estimate of drug-likeness (QED) is 0.442. The van der Waals surface area contributed by atoms with E-state index in [1.54, 1.807) is 0 Å². The number of unbranched alkanes of at least 4 members (excludes halogenated alkanes) is 4. The summed E-state index contributed by atoms with van der Waals surface area (Å²) in [7, 11) is 0. The van der Waals surface area contributed by atoms with Gasteiger partial charge in [-0.2, -0.15) is 0 Å². The number of hydrogen-bond donors (Lipinski definition) is 1. The van der Waals surface area contributed by atoms with Gasteiger partial charge in [-0.3, -0.25) is 0 Å². The van der Waals surface area contributed by atoms with Crippen molar-refractivity contribution in [3.8, 4) is 0 Å². The highest BCUT2D eigenvalue weighted by atomic mass is 16.5. The summed E-state index contributed by atoms with van der Waals surface area (Å²) in [5.41, 5.74) is 6.35. The second-order valence-electron chi connectivity index (χ2n) is 3.42. The van der Waals surface area contributed by atoms with Crippen molar-refractivity contribution < 1.29 is 4.74 Å². The second kappa shape index (κ2) is 9.75. The smallest absolute Gasteiger partial charge is 0.0686 e. The summed E-state index contributed by atoms with van der Waals surface area (Å²) in [6.45, 7) is 8.01. The van der Waals surface area contributed by atoms with Crippen molar-refractivity contribution in [2.24, 2.45) is 5.73 Å². The number of nitrogens with two attached hydrogens (primary N) is 1. The lowest BCUT2D eigenvalue weighted by molar-refractivity contribution is 0.150. The van der Waals surface area contributed by atoms with Gasteiger partial charge >= 0.3 is 0 Å². The Balaban J connectivity index is 2.95. The van der Waals surface area contributed by atoms with Crippen LogP contribution in [0.15, 0.2) is 12.2 Å². The molecule has 0 fully saturated rings. The third-order valence-electron chi connectivity index (χ3n) is 1.99. The summed E-state index contributed by atoms with van der Waals surface area (Å²) in [6, 6.07) is 0. The average Bonchev–Trinajstić information content (AvgIpc) is 2.16. The van der Waals surface area contributed by atoms with Crippen LogP contribution in [0.5, 0.6) is 0 Å². The maximum absolute atomic E-state index is 5.39. The van der Waals surface area contributed by atoms with Crippen molar-refractivity contribution in [2.75, 3.05) is 19.8 Å². The Labute approximate surface area is 82.2 Å². The first-order chi connectivity index (χ1) is 6.31. The molecule has 0 atom stereocenters. The summed E-state index contributed by atoms with van der Waals surface area (Å²) in [6.07, 6.45) is 6.42. The first-order valence-corrected chi connectivity index (χ1v) is 5.25. The molecule has 0 aromatic heterocycles. The molecule has 0 saturated heterocycles. The number of hydrogen-bond acceptors (Lipinski definition) is 2. The lowest BCUT2D eigenvalue weighted by atomic mass is 10.2. The van der Waals surface area contributed by atoms with Crippen molar-refractivity contribution in [1.29, 1.82) is 0 Å². The van der Waals surface area contributed by atoms with Crippen molar-refractivity contribution in [3.05, 3.63) is 12.2 Å². The van der Waals surface area contributed by atoms with E-state index in [1.165, 1.54) is 25.7 Å². The highest BCUT2D eigenvalue weighted by Crippen LogP contribution is 2.02. The van der Waals surface area contributed by atoms with E-state index in [4.69, 9.17) is 10.5 Å². The van der Waals surface area contributed by atoms with Crippen LogP contribution in [0, 0.1) is 0 Å². The van der Waals surface area contributed by atoms with Crippen LogP contribution in [0.25, 0.3) is 0 Å². The molecule has 0 bridgehead atoms. The van der Waals surface area contributed by atoms with Gasteiger partial charge in [0.25, 0.3) is 0 Å². The summed E-state index contributed by atoms with van der Waals surface area (Å²) in [5, 5.41) is 0. The Hall–Kier alpha value is -0.340. The Morgan fingerprint density at radius 3 is 2.54 bits per heavy atom. The van der Waals surface area contributed by atoms with Crippen molar-refractivity contribution in [2.45, 2.75) is 39.0 Å². The zero-order valence-corrected chi connectivity index (χ0v) is 8.85. The zero-order chi connectivity index (χ0) is 9.94. The molecule has 0 saturated carbocycles. The van der Waals surface area contributed by atoms with Gasteiger partial charge in [-0.1, -0.05) is 39.2 Å². The molecule has 78 valence electrons. The van der Waals surface area contributed by atoms with E-state index in [9.17, 15) is 0 Å². The van der Waals surface area contributed by atoms with Crippen LogP contribution in [0.1, 0.15) is 39.0 Å². The normalized spacial score (nSPS) is 10.3. The molecule has 2 nitrogen and oxygen atoms in total. The molecule has 0 amide bonds. The van der Waals surface area contributed by atoms with Gasteiger partial charge in [0, 0.05) is 13.2 Å². The first-order valence-electron chi connectivity index (χ1n) is 5.25. The predicted molar refractivity (Wildman–Crippen MR) is 57.8 cm³/mol. The predicted octanol–water partition coefficient (Wildman–Crippen LogP) is 2.49. The van der Waals surface area contributed by atoms with E-state index in [2.05, 4.69) is 13.5 Å². The highest BCUT2D eigenvalue weighted by molar-refractivity contribution is 4.95. The van der Waals surface area contributed by atoms with E-state index in [-0.39, 0.29) is 0 Å². The van der Waals surface area contributed by atoms with Gasteiger partial charge < -0.3 is 10.5 Å². The molecule has 2 N–H and O–H groups in total. The maximum Gasteiger partial charge on any atom is 0.0686 e. The number of ether oxygens (including phenoxy) is 1. The van der Waals surface area contributed by atoms with Crippen LogP contribution in [-0.4, -0.2) is 19.8 Å². The molecule has 0 aromatic carbocycles. The fourth-order valence-electron chi connectivity index (χ4n) is 1.08. The van der Waals surface area contributed by atoms with Gasteiger partial charge in [0.05, 0.1) is 6.61 Å². The van der Waals surface area contributed by atoms with Crippen LogP contribution >= 0.6 is 0 Å². The maximum atomic E-state index is 5.39. The highest BCUT2D eigenvalue weighted by Gasteiger charge is 1.92. The van der Waals surface area contributed by atoms with Crippen LogP contribution in [0.4, 0.5) is 0 Å². The topological polar surface area (TPSA) is 35.2 Å². The molecule has 2 heteroatoms. The van der Waals surface area contributed by atoms with E-state index in [0.29, 0.717) is 13.2 Å². The molecule has 13 heavy (non-hydrogen) atoms. The molecule has 0 aliphatic carbocycles. The van der Waals surface area contributed by atoms with Crippen LogP contribution < -0.4 is 5.73 Å².